The molecule has 154 valence electrons. The summed E-state index contributed by atoms with van der Waals surface area (Å²) in [5.41, 5.74) is 2.05. The van der Waals surface area contributed by atoms with Gasteiger partial charge >= 0.3 is 5.97 Å². The molecule has 0 aromatic heterocycles. The fourth-order valence-electron chi connectivity index (χ4n) is 2.78. The van der Waals surface area contributed by atoms with E-state index in [1.54, 1.807) is 13.2 Å². The summed E-state index contributed by atoms with van der Waals surface area (Å²) in [4.78, 5) is 22.6. The highest BCUT2D eigenvalue weighted by Gasteiger charge is 2.22. The summed E-state index contributed by atoms with van der Waals surface area (Å²) in [6.45, 7) is 0.690. The molecule has 0 saturated carbocycles. The number of carbonyl (C=O) groups is 2. The third-order valence-corrected chi connectivity index (χ3v) is 4.38. The molecule has 0 aliphatic heterocycles. The Bertz CT molecular complexity index is 770. The molecule has 6 heteroatoms. The summed E-state index contributed by atoms with van der Waals surface area (Å²) in [6.07, 6.45) is 2.93. The second kappa shape index (κ2) is 12.4. The molecule has 2 atom stereocenters. The van der Waals surface area contributed by atoms with Gasteiger partial charge in [-0.25, -0.2) is 4.79 Å². The molecule has 29 heavy (non-hydrogen) atoms. The SMILES string of the molecule is COC(=O)/C=C\[C@H](OCc1ccc(OC)cc1)[C@@H](CCc1ccccc1)OC=O. The van der Waals surface area contributed by atoms with Crippen LogP contribution in [0.5, 0.6) is 5.75 Å². The summed E-state index contributed by atoms with van der Waals surface area (Å²) in [5, 5.41) is 0. The van der Waals surface area contributed by atoms with E-state index in [2.05, 4.69) is 4.74 Å². The lowest BCUT2D eigenvalue weighted by Gasteiger charge is -2.24. The van der Waals surface area contributed by atoms with Crippen LogP contribution < -0.4 is 4.74 Å². The molecule has 2 rings (SSSR count). The first-order valence-corrected chi connectivity index (χ1v) is 9.30. The number of aryl methyl sites for hydroxylation is 1. The first-order valence-electron chi connectivity index (χ1n) is 9.30. The van der Waals surface area contributed by atoms with Crippen molar-refractivity contribution in [1.29, 1.82) is 0 Å². The maximum atomic E-state index is 11.5. The van der Waals surface area contributed by atoms with E-state index < -0.39 is 18.2 Å². The summed E-state index contributed by atoms with van der Waals surface area (Å²) in [7, 11) is 2.90. The Labute approximate surface area is 171 Å². The van der Waals surface area contributed by atoms with Crippen LogP contribution in [0.4, 0.5) is 0 Å². The molecule has 0 fully saturated rings. The molecule has 0 spiro atoms. The summed E-state index contributed by atoms with van der Waals surface area (Å²) in [5.74, 6) is 0.247. The first kappa shape index (κ1) is 22.2. The summed E-state index contributed by atoms with van der Waals surface area (Å²) in [6, 6.07) is 17.3. The smallest absolute Gasteiger partial charge is 0.330 e. The van der Waals surface area contributed by atoms with Crippen LogP contribution in [0.2, 0.25) is 0 Å². The highest BCUT2D eigenvalue weighted by Crippen LogP contribution is 2.17. The number of hydrogen-bond donors (Lipinski definition) is 0. The van der Waals surface area contributed by atoms with E-state index >= 15 is 0 Å². The van der Waals surface area contributed by atoms with E-state index in [1.807, 2.05) is 54.6 Å². The van der Waals surface area contributed by atoms with Crippen molar-refractivity contribution in [2.45, 2.75) is 31.7 Å². The molecule has 0 bridgehead atoms. The van der Waals surface area contributed by atoms with Gasteiger partial charge in [-0.3, -0.25) is 4.79 Å². The van der Waals surface area contributed by atoms with Crippen LogP contribution in [0.15, 0.2) is 66.7 Å². The third-order valence-electron chi connectivity index (χ3n) is 4.38. The van der Waals surface area contributed by atoms with Crippen molar-refractivity contribution in [3.05, 3.63) is 77.9 Å². The number of methoxy groups -OCH3 is 2. The quantitative estimate of drug-likeness (QED) is 0.310. The standard InChI is InChI=1S/C23H26O6/c1-26-20-11-8-19(9-12-20)16-28-21(14-15-23(25)27-2)22(29-17-24)13-10-18-6-4-3-5-7-18/h3-9,11-12,14-15,17,21-22H,10,13,16H2,1-2H3/b15-14-/t21-,22+/m0/s1. The average molecular weight is 398 g/mol. The molecule has 0 aliphatic rings. The Morgan fingerprint density at radius 1 is 1.00 bits per heavy atom. The van der Waals surface area contributed by atoms with Crippen molar-refractivity contribution in [3.8, 4) is 5.75 Å². The van der Waals surface area contributed by atoms with Gasteiger partial charge in [0, 0.05) is 6.08 Å². The minimum Gasteiger partial charge on any atom is -0.497 e. The normalized spacial score (nSPS) is 12.9. The Morgan fingerprint density at radius 3 is 2.34 bits per heavy atom. The maximum absolute atomic E-state index is 11.5. The molecule has 2 aromatic rings. The lowest BCUT2D eigenvalue weighted by Crippen LogP contribution is -2.30. The van der Waals surface area contributed by atoms with Crippen molar-refractivity contribution in [2.24, 2.45) is 0 Å². The fourth-order valence-corrected chi connectivity index (χ4v) is 2.78. The van der Waals surface area contributed by atoms with E-state index in [0.29, 0.717) is 19.3 Å². The first-order chi connectivity index (χ1) is 14.2. The summed E-state index contributed by atoms with van der Waals surface area (Å²) < 4.78 is 21.1. The molecule has 0 radical (unpaired) electrons. The zero-order chi connectivity index (χ0) is 20.9. The molecule has 0 heterocycles. The van der Waals surface area contributed by atoms with Gasteiger partial charge in [0.25, 0.3) is 6.47 Å². The van der Waals surface area contributed by atoms with E-state index in [9.17, 15) is 9.59 Å². The van der Waals surface area contributed by atoms with Crippen molar-refractivity contribution >= 4 is 12.4 Å². The van der Waals surface area contributed by atoms with Gasteiger partial charge in [0.15, 0.2) is 0 Å². The predicted molar refractivity (Wildman–Crippen MR) is 108 cm³/mol. The van der Waals surface area contributed by atoms with Gasteiger partial charge in [0.05, 0.1) is 20.8 Å². The van der Waals surface area contributed by atoms with Crippen molar-refractivity contribution in [2.75, 3.05) is 14.2 Å². The maximum Gasteiger partial charge on any atom is 0.330 e. The Morgan fingerprint density at radius 2 is 1.72 bits per heavy atom. The van der Waals surface area contributed by atoms with Gasteiger partial charge < -0.3 is 18.9 Å². The third kappa shape index (κ3) is 7.79. The van der Waals surface area contributed by atoms with Gasteiger partial charge in [-0.1, -0.05) is 42.5 Å². The minimum absolute atomic E-state index is 0.282. The second-order valence-electron chi connectivity index (χ2n) is 6.30. The van der Waals surface area contributed by atoms with Gasteiger partial charge in [-0.15, -0.1) is 0 Å². The van der Waals surface area contributed by atoms with Gasteiger partial charge in [0.1, 0.15) is 18.0 Å². The molecule has 0 unspecified atom stereocenters. The highest BCUT2D eigenvalue weighted by molar-refractivity contribution is 5.81. The number of esters is 1. The van der Waals surface area contributed by atoms with Gasteiger partial charge in [0.2, 0.25) is 0 Å². The number of benzene rings is 2. The fraction of sp³-hybridized carbons (Fsp3) is 0.304. The molecule has 6 nitrogen and oxygen atoms in total. The van der Waals surface area contributed by atoms with Crippen LogP contribution in [-0.2, 0) is 36.8 Å². The van der Waals surface area contributed by atoms with Crippen LogP contribution in [0, 0.1) is 0 Å². The monoisotopic (exact) mass is 398 g/mol. The lowest BCUT2D eigenvalue weighted by atomic mass is 10.0. The number of rotatable bonds is 12. The average Bonchev–Trinajstić information content (AvgIpc) is 2.77. The van der Waals surface area contributed by atoms with Crippen LogP contribution in [0.3, 0.4) is 0 Å². The molecular weight excluding hydrogens is 372 g/mol. The molecule has 0 amide bonds. The van der Waals surface area contributed by atoms with Crippen LogP contribution in [-0.4, -0.2) is 38.9 Å². The topological polar surface area (TPSA) is 71.1 Å². The molecule has 0 aliphatic carbocycles. The minimum atomic E-state index is -0.606. The Hall–Kier alpha value is -3.12. The Balaban J connectivity index is 2.09. The van der Waals surface area contributed by atoms with Crippen molar-refractivity contribution in [3.63, 3.8) is 0 Å². The second-order valence-corrected chi connectivity index (χ2v) is 6.30. The van der Waals surface area contributed by atoms with Crippen molar-refractivity contribution < 1.29 is 28.5 Å². The number of carbonyl (C=O) groups excluding carboxylic acids is 2. The highest BCUT2D eigenvalue weighted by atomic mass is 16.6. The zero-order valence-corrected chi connectivity index (χ0v) is 16.7. The van der Waals surface area contributed by atoms with Crippen LogP contribution >= 0.6 is 0 Å². The lowest BCUT2D eigenvalue weighted by molar-refractivity contribution is -0.140. The Kier molecular flexibility index (Phi) is 9.45. The molecule has 2 aromatic carbocycles. The molecule has 0 saturated heterocycles. The van der Waals surface area contributed by atoms with E-state index in [1.165, 1.54) is 13.2 Å². The van der Waals surface area contributed by atoms with Crippen LogP contribution in [0.25, 0.3) is 0 Å². The van der Waals surface area contributed by atoms with E-state index in [4.69, 9.17) is 14.2 Å². The van der Waals surface area contributed by atoms with Gasteiger partial charge in [-0.05, 0) is 42.2 Å². The van der Waals surface area contributed by atoms with Crippen molar-refractivity contribution in [1.82, 2.24) is 0 Å². The predicted octanol–water partition coefficient (Wildman–Crippen LogP) is 3.48. The van der Waals surface area contributed by atoms with Crippen LogP contribution in [0.1, 0.15) is 17.5 Å². The molecule has 0 N–H and O–H groups in total. The summed E-state index contributed by atoms with van der Waals surface area (Å²) >= 11 is 0. The van der Waals surface area contributed by atoms with E-state index in [-0.39, 0.29) is 6.61 Å². The number of hydrogen-bond acceptors (Lipinski definition) is 6. The van der Waals surface area contributed by atoms with E-state index in [0.717, 1.165) is 16.9 Å². The largest absolute Gasteiger partial charge is 0.497 e. The zero-order valence-electron chi connectivity index (χ0n) is 16.7. The number of ether oxygens (including phenoxy) is 4. The molecular formula is C23H26O6. The van der Waals surface area contributed by atoms with Gasteiger partial charge in [-0.2, -0.15) is 0 Å².